The number of allylic oxidation sites excluding steroid dienone is 6. The fraction of sp³-hybridized carbons (Fsp3) is 0.870. The minimum Gasteiger partial charge on any atom is -0.462 e. The normalized spacial score (nSPS) is 12.2. The van der Waals surface area contributed by atoms with E-state index in [9.17, 15) is 14.4 Å². The number of rotatable bonds is 62. The molecule has 0 aromatic heterocycles. The molecule has 0 fully saturated rings. The summed E-state index contributed by atoms with van der Waals surface area (Å²) in [5.41, 5.74) is 0. The van der Waals surface area contributed by atoms with Gasteiger partial charge in [-0.3, -0.25) is 14.4 Å². The molecule has 1 atom stereocenters. The molecular weight excluding hydrogens is 925 g/mol. The summed E-state index contributed by atoms with van der Waals surface area (Å²) >= 11 is 0. The zero-order chi connectivity index (χ0) is 54.3. The minimum absolute atomic E-state index is 0.0709. The van der Waals surface area contributed by atoms with Crippen LogP contribution in [0.15, 0.2) is 36.5 Å². The number of carbonyl (C=O) groups is 3. The first-order chi connectivity index (χ1) is 37.0. The van der Waals surface area contributed by atoms with Crippen LogP contribution in [0.2, 0.25) is 0 Å². The van der Waals surface area contributed by atoms with Gasteiger partial charge in [-0.1, -0.05) is 308 Å². The highest BCUT2D eigenvalue weighted by Crippen LogP contribution is 2.18. The monoisotopic (exact) mass is 1050 g/mol. The van der Waals surface area contributed by atoms with Crippen molar-refractivity contribution in [2.24, 2.45) is 0 Å². The number of ether oxygens (including phenoxy) is 3. The summed E-state index contributed by atoms with van der Waals surface area (Å²) < 4.78 is 16.8. The smallest absolute Gasteiger partial charge is 0.306 e. The van der Waals surface area contributed by atoms with Crippen molar-refractivity contribution in [3.63, 3.8) is 0 Å². The second-order valence-corrected chi connectivity index (χ2v) is 22.7. The predicted molar refractivity (Wildman–Crippen MR) is 326 cm³/mol. The third-order valence-corrected chi connectivity index (χ3v) is 15.1. The zero-order valence-corrected chi connectivity index (χ0v) is 50.6. The third kappa shape index (κ3) is 62.4. The van der Waals surface area contributed by atoms with Gasteiger partial charge in [-0.2, -0.15) is 0 Å². The van der Waals surface area contributed by atoms with Crippen molar-refractivity contribution in [3.8, 4) is 0 Å². The van der Waals surface area contributed by atoms with Gasteiger partial charge in [0, 0.05) is 19.3 Å². The molecule has 0 N–H and O–H groups in total. The maximum atomic E-state index is 12.8. The summed E-state index contributed by atoms with van der Waals surface area (Å²) in [6.45, 7) is 6.62. The number of carbonyl (C=O) groups excluding carboxylic acids is 3. The van der Waals surface area contributed by atoms with E-state index in [0.29, 0.717) is 19.3 Å². The average molecular weight is 1050 g/mol. The van der Waals surface area contributed by atoms with Gasteiger partial charge in [-0.25, -0.2) is 0 Å². The summed E-state index contributed by atoms with van der Waals surface area (Å²) in [6.07, 6.45) is 79.2. The van der Waals surface area contributed by atoms with Crippen LogP contribution in [0.25, 0.3) is 0 Å². The molecule has 6 heteroatoms. The van der Waals surface area contributed by atoms with Crippen LogP contribution in [0.1, 0.15) is 367 Å². The molecule has 0 aliphatic rings. The molecule has 0 saturated carbocycles. The number of hydrogen-bond acceptors (Lipinski definition) is 6. The molecule has 0 radical (unpaired) electrons. The molecule has 1 unspecified atom stereocenters. The Kier molecular flexibility index (Phi) is 62.1. The lowest BCUT2D eigenvalue weighted by molar-refractivity contribution is -0.167. The molecule has 0 amide bonds. The summed E-state index contributed by atoms with van der Waals surface area (Å²) in [5, 5.41) is 0. The van der Waals surface area contributed by atoms with Crippen molar-refractivity contribution in [1.29, 1.82) is 0 Å². The van der Waals surface area contributed by atoms with Crippen LogP contribution in [0, 0.1) is 0 Å². The summed E-state index contributed by atoms with van der Waals surface area (Å²) in [7, 11) is 0. The fourth-order valence-corrected chi connectivity index (χ4v) is 10.1. The van der Waals surface area contributed by atoms with Gasteiger partial charge in [0.05, 0.1) is 0 Å². The van der Waals surface area contributed by atoms with Gasteiger partial charge in [0.1, 0.15) is 13.2 Å². The van der Waals surface area contributed by atoms with Gasteiger partial charge < -0.3 is 14.2 Å². The Morgan fingerprint density at radius 3 is 0.773 bits per heavy atom. The Hall–Kier alpha value is -2.37. The second kappa shape index (κ2) is 64.2. The van der Waals surface area contributed by atoms with Crippen LogP contribution in [-0.4, -0.2) is 37.2 Å². The molecule has 0 aromatic rings. The molecule has 0 aliphatic heterocycles. The summed E-state index contributed by atoms with van der Waals surface area (Å²) in [4.78, 5) is 38.0. The van der Waals surface area contributed by atoms with Gasteiger partial charge in [0.15, 0.2) is 6.10 Å². The van der Waals surface area contributed by atoms with Gasteiger partial charge in [-0.15, -0.1) is 0 Å². The van der Waals surface area contributed by atoms with E-state index in [1.807, 2.05) is 0 Å². The van der Waals surface area contributed by atoms with Gasteiger partial charge in [0.2, 0.25) is 0 Å². The first kappa shape index (κ1) is 72.6. The maximum absolute atomic E-state index is 12.8. The zero-order valence-electron chi connectivity index (χ0n) is 50.6. The fourth-order valence-electron chi connectivity index (χ4n) is 10.1. The van der Waals surface area contributed by atoms with Gasteiger partial charge in [0.25, 0.3) is 0 Å². The van der Waals surface area contributed by atoms with E-state index in [0.717, 1.165) is 70.6 Å². The molecule has 6 nitrogen and oxygen atoms in total. The lowest BCUT2D eigenvalue weighted by atomic mass is 10.0. The molecule has 0 aromatic carbocycles. The highest BCUT2D eigenvalue weighted by molar-refractivity contribution is 5.71. The Bertz CT molecular complexity index is 1250. The van der Waals surface area contributed by atoms with Crippen LogP contribution in [0.4, 0.5) is 0 Å². The van der Waals surface area contributed by atoms with Crippen LogP contribution in [0.5, 0.6) is 0 Å². The van der Waals surface area contributed by atoms with E-state index in [4.69, 9.17) is 14.2 Å². The van der Waals surface area contributed by atoms with Crippen molar-refractivity contribution in [2.45, 2.75) is 374 Å². The molecule has 0 saturated heterocycles. The lowest BCUT2D eigenvalue weighted by Crippen LogP contribution is -2.30. The van der Waals surface area contributed by atoms with Crippen LogP contribution in [-0.2, 0) is 28.6 Å². The molecule has 0 heterocycles. The van der Waals surface area contributed by atoms with E-state index in [-0.39, 0.29) is 31.1 Å². The predicted octanol–water partition coefficient (Wildman–Crippen LogP) is 22.8. The highest BCUT2D eigenvalue weighted by Gasteiger charge is 2.19. The molecule has 0 bridgehead atoms. The van der Waals surface area contributed by atoms with Crippen LogP contribution in [0.3, 0.4) is 0 Å². The van der Waals surface area contributed by atoms with Gasteiger partial charge >= 0.3 is 17.9 Å². The van der Waals surface area contributed by atoms with E-state index >= 15 is 0 Å². The molecule has 440 valence electrons. The van der Waals surface area contributed by atoms with Crippen molar-refractivity contribution >= 4 is 17.9 Å². The molecular formula is C69H128O6. The van der Waals surface area contributed by atoms with Crippen LogP contribution >= 0.6 is 0 Å². The first-order valence-corrected chi connectivity index (χ1v) is 33.5. The third-order valence-electron chi connectivity index (χ3n) is 15.1. The van der Waals surface area contributed by atoms with Crippen molar-refractivity contribution in [3.05, 3.63) is 36.5 Å². The topological polar surface area (TPSA) is 78.9 Å². The molecule has 0 spiro atoms. The molecule has 75 heavy (non-hydrogen) atoms. The largest absolute Gasteiger partial charge is 0.462 e. The maximum Gasteiger partial charge on any atom is 0.306 e. The number of hydrogen-bond donors (Lipinski definition) is 0. The molecule has 0 aliphatic carbocycles. The van der Waals surface area contributed by atoms with Crippen molar-refractivity contribution in [1.82, 2.24) is 0 Å². The Balaban J connectivity index is 3.96. The Labute approximate surface area is 467 Å². The quantitative estimate of drug-likeness (QED) is 0.0261. The van der Waals surface area contributed by atoms with E-state index in [1.165, 1.54) is 257 Å². The average Bonchev–Trinajstić information content (AvgIpc) is 3.41. The van der Waals surface area contributed by atoms with E-state index in [1.54, 1.807) is 0 Å². The molecule has 0 rings (SSSR count). The number of esters is 3. The Morgan fingerprint density at radius 1 is 0.267 bits per heavy atom. The van der Waals surface area contributed by atoms with Crippen LogP contribution < -0.4 is 0 Å². The van der Waals surface area contributed by atoms with E-state index in [2.05, 4.69) is 57.2 Å². The standard InChI is InChI=1S/C69H128O6/c1-4-7-10-13-16-18-20-22-24-26-27-28-29-30-31-32-33-34-35-36-37-38-39-40-41-43-44-46-48-50-53-56-59-62-68(71)74-65-66(64-73-67(70)61-58-55-52-15-12-9-6-3)75-69(72)63-60-57-54-51-49-47-45-42-25-23-21-19-17-14-11-8-5-2/h17,19,23,25-27,66H,4-16,18,20-22,24,28-65H2,1-3H3/b19-17-,25-23-,27-26-. The summed E-state index contributed by atoms with van der Waals surface area (Å²) in [5.74, 6) is -0.865. The Morgan fingerprint density at radius 2 is 0.480 bits per heavy atom. The SMILES string of the molecule is CCCCC/C=C\C/C=C\CCCCCCCCCC(=O)OC(COC(=O)CCCCCCCCC)COC(=O)CCCCCCCCCCCCCCCCCCCCCCC/C=C\CCCCCCCCCC. The highest BCUT2D eigenvalue weighted by atomic mass is 16.6. The lowest BCUT2D eigenvalue weighted by Gasteiger charge is -2.18. The minimum atomic E-state index is -0.771. The summed E-state index contributed by atoms with van der Waals surface area (Å²) in [6, 6.07) is 0. The second-order valence-electron chi connectivity index (χ2n) is 22.7. The van der Waals surface area contributed by atoms with Gasteiger partial charge in [-0.05, 0) is 77.0 Å². The number of unbranched alkanes of at least 4 members (excludes halogenated alkanes) is 45. The van der Waals surface area contributed by atoms with E-state index < -0.39 is 6.10 Å². The van der Waals surface area contributed by atoms with Crippen molar-refractivity contribution < 1.29 is 28.6 Å². The van der Waals surface area contributed by atoms with Crippen molar-refractivity contribution in [2.75, 3.05) is 13.2 Å². The first-order valence-electron chi connectivity index (χ1n) is 33.5.